The van der Waals surface area contributed by atoms with E-state index < -0.39 is 15.9 Å². The molecule has 0 radical (unpaired) electrons. The molecule has 0 aliphatic carbocycles. The van der Waals surface area contributed by atoms with E-state index in [4.69, 9.17) is 0 Å². The largest absolute Gasteiger partial charge is 0.347 e. The lowest BCUT2D eigenvalue weighted by molar-refractivity contribution is -0.128. The van der Waals surface area contributed by atoms with Crippen LogP contribution in [0.25, 0.3) is 5.69 Å². The summed E-state index contributed by atoms with van der Waals surface area (Å²) in [7, 11) is -3.82. The molecule has 35 heavy (non-hydrogen) atoms. The van der Waals surface area contributed by atoms with Gasteiger partial charge in [0.2, 0.25) is 21.8 Å². The maximum absolute atomic E-state index is 12.9. The molecule has 0 bridgehead atoms. The average molecular weight is 493 g/mol. The molecule has 2 aromatic carbocycles. The van der Waals surface area contributed by atoms with Gasteiger partial charge >= 0.3 is 0 Å². The van der Waals surface area contributed by atoms with E-state index in [1.807, 2.05) is 30.5 Å². The van der Waals surface area contributed by atoms with E-state index in [9.17, 15) is 23.3 Å². The van der Waals surface area contributed by atoms with Crippen molar-refractivity contribution in [3.8, 4) is 11.8 Å². The molecule has 0 atom stereocenters. The molecule has 1 fully saturated rings. The van der Waals surface area contributed by atoms with Crippen LogP contribution in [0.3, 0.4) is 0 Å². The minimum Gasteiger partial charge on any atom is -0.347 e. The molecule has 3 aromatic rings. The van der Waals surface area contributed by atoms with Gasteiger partial charge in [0, 0.05) is 37.1 Å². The highest BCUT2D eigenvalue weighted by atomic mass is 32.2. The van der Waals surface area contributed by atoms with E-state index in [1.54, 1.807) is 35.1 Å². The van der Waals surface area contributed by atoms with Crippen molar-refractivity contribution >= 4 is 27.5 Å². The third-order valence-corrected chi connectivity index (χ3v) is 7.75. The summed E-state index contributed by atoms with van der Waals surface area (Å²) in [6, 6.07) is 16.9. The Morgan fingerprint density at radius 1 is 1.06 bits per heavy atom. The van der Waals surface area contributed by atoms with Gasteiger partial charge in [-0.15, -0.1) is 0 Å². The fraction of sp³-hybridized carbons (Fsp3) is 0.250. The second-order valence-electron chi connectivity index (χ2n) is 8.05. The number of aromatic nitrogens is 2. The van der Waals surface area contributed by atoms with E-state index in [1.165, 1.54) is 16.4 Å². The van der Waals surface area contributed by atoms with Gasteiger partial charge in [-0.25, -0.2) is 13.1 Å². The number of hydrogen-bond acceptors (Lipinski definition) is 6. The molecule has 1 aliphatic rings. The molecule has 1 aromatic heterocycles. The fourth-order valence-electron chi connectivity index (χ4n) is 3.92. The van der Waals surface area contributed by atoms with Crippen molar-refractivity contribution in [1.29, 1.82) is 5.26 Å². The van der Waals surface area contributed by atoms with Crippen molar-refractivity contribution in [3.63, 3.8) is 0 Å². The van der Waals surface area contributed by atoms with Crippen molar-refractivity contribution in [1.82, 2.24) is 19.4 Å². The minimum atomic E-state index is -3.82. The predicted molar refractivity (Wildman–Crippen MR) is 128 cm³/mol. The highest BCUT2D eigenvalue weighted by Crippen LogP contribution is 2.25. The summed E-state index contributed by atoms with van der Waals surface area (Å²) in [5.41, 5.74) is 1.54. The number of rotatable bonds is 7. The topological polar surface area (TPSA) is 137 Å². The van der Waals surface area contributed by atoms with Crippen LogP contribution < -0.4 is 10.6 Å². The molecule has 1 aliphatic heterocycles. The van der Waals surface area contributed by atoms with Gasteiger partial charge in [0.25, 0.3) is 0 Å². The van der Waals surface area contributed by atoms with Crippen molar-refractivity contribution in [3.05, 3.63) is 72.6 Å². The first-order valence-electron chi connectivity index (χ1n) is 11.1. The fourth-order valence-corrected chi connectivity index (χ4v) is 5.53. The Hall–Kier alpha value is -4.01. The summed E-state index contributed by atoms with van der Waals surface area (Å²) < 4.78 is 28.9. The molecule has 11 heteroatoms. The Labute approximate surface area is 203 Å². The molecule has 2 N–H and O–H groups in total. The molecule has 2 amide bonds. The Balaban J connectivity index is 1.25. The Morgan fingerprint density at radius 2 is 1.77 bits per heavy atom. The standard InChI is InChI=1S/C24H24N6O4S/c25-16-19-4-1-2-5-22(19)35(33,34)29-14-10-18(11-15-29)24(32)26-17-23(31)28-20-6-8-21(9-7-20)30-13-3-12-27-30/h1-9,12-13,18H,10-11,14-15,17H2,(H,26,32)(H,28,31). The molecule has 10 nitrogen and oxygen atoms in total. The smallest absolute Gasteiger partial charge is 0.244 e. The number of carbonyl (C=O) groups is 2. The van der Waals surface area contributed by atoms with Gasteiger partial charge in [-0.05, 0) is 55.3 Å². The van der Waals surface area contributed by atoms with E-state index in [0.717, 1.165) is 5.69 Å². The SMILES string of the molecule is N#Cc1ccccc1S(=O)(=O)N1CCC(C(=O)NCC(=O)Nc2ccc(-n3cccn3)cc2)CC1. The third-order valence-electron chi connectivity index (χ3n) is 5.79. The average Bonchev–Trinajstić information content (AvgIpc) is 3.43. The zero-order valence-electron chi connectivity index (χ0n) is 18.8. The molecule has 0 spiro atoms. The highest BCUT2D eigenvalue weighted by molar-refractivity contribution is 7.89. The summed E-state index contributed by atoms with van der Waals surface area (Å²) in [6.07, 6.45) is 4.15. The van der Waals surface area contributed by atoms with Crippen LogP contribution in [-0.4, -0.2) is 54.0 Å². The van der Waals surface area contributed by atoms with Gasteiger partial charge in [0.1, 0.15) is 6.07 Å². The molecule has 180 valence electrons. The Kier molecular flexibility index (Phi) is 7.24. The van der Waals surface area contributed by atoms with Crippen LogP contribution >= 0.6 is 0 Å². The lowest BCUT2D eigenvalue weighted by Gasteiger charge is -2.30. The number of amides is 2. The zero-order chi connectivity index (χ0) is 24.8. The zero-order valence-corrected chi connectivity index (χ0v) is 19.6. The van der Waals surface area contributed by atoms with Crippen LogP contribution in [0, 0.1) is 17.2 Å². The predicted octanol–water partition coefficient (Wildman–Crippen LogP) is 1.90. The normalized spacial score (nSPS) is 14.7. The number of hydrogen-bond donors (Lipinski definition) is 2. The first-order chi connectivity index (χ1) is 16.9. The number of sulfonamides is 1. The summed E-state index contributed by atoms with van der Waals surface area (Å²) in [4.78, 5) is 24.8. The van der Waals surface area contributed by atoms with Crippen LogP contribution in [0.2, 0.25) is 0 Å². The second-order valence-corrected chi connectivity index (χ2v) is 9.96. The lowest BCUT2D eigenvalue weighted by atomic mass is 9.97. The Morgan fingerprint density at radius 3 is 2.43 bits per heavy atom. The molecular formula is C24H24N6O4S. The van der Waals surface area contributed by atoms with Crippen LogP contribution in [-0.2, 0) is 19.6 Å². The number of nitrogens with zero attached hydrogens (tertiary/aromatic N) is 4. The summed E-state index contributed by atoms with van der Waals surface area (Å²) in [6.45, 7) is 0.137. The van der Waals surface area contributed by atoms with Crippen LogP contribution in [0.15, 0.2) is 71.9 Å². The van der Waals surface area contributed by atoms with Crippen LogP contribution in [0.1, 0.15) is 18.4 Å². The van der Waals surface area contributed by atoms with Crippen molar-refractivity contribution in [2.45, 2.75) is 17.7 Å². The van der Waals surface area contributed by atoms with Crippen molar-refractivity contribution < 1.29 is 18.0 Å². The van der Waals surface area contributed by atoms with E-state index in [0.29, 0.717) is 18.5 Å². The summed E-state index contributed by atoms with van der Waals surface area (Å²) in [5, 5.41) is 18.7. The number of benzene rings is 2. The molecule has 2 heterocycles. The maximum atomic E-state index is 12.9. The van der Waals surface area contributed by atoms with Crippen LogP contribution in [0.4, 0.5) is 5.69 Å². The molecule has 0 saturated carbocycles. The van der Waals surface area contributed by atoms with Crippen molar-refractivity contribution in [2.24, 2.45) is 5.92 Å². The van der Waals surface area contributed by atoms with E-state index in [-0.39, 0.29) is 41.9 Å². The first kappa shape index (κ1) is 24.1. The Bertz CT molecular complexity index is 1340. The molecule has 0 unspecified atom stereocenters. The number of carbonyl (C=O) groups excluding carboxylic acids is 2. The second kappa shape index (κ2) is 10.5. The molecule has 1 saturated heterocycles. The highest BCUT2D eigenvalue weighted by Gasteiger charge is 2.33. The number of nitrogens with one attached hydrogen (secondary N) is 2. The molecule has 4 rings (SSSR count). The van der Waals surface area contributed by atoms with Gasteiger partial charge in [-0.1, -0.05) is 12.1 Å². The summed E-state index contributed by atoms with van der Waals surface area (Å²) in [5.74, 6) is -1.05. The van der Waals surface area contributed by atoms with Gasteiger partial charge in [-0.3, -0.25) is 9.59 Å². The number of piperidine rings is 1. The maximum Gasteiger partial charge on any atom is 0.244 e. The first-order valence-corrected chi connectivity index (χ1v) is 12.5. The third kappa shape index (κ3) is 5.56. The van der Waals surface area contributed by atoms with E-state index >= 15 is 0 Å². The number of nitriles is 1. The minimum absolute atomic E-state index is 0.0280. The quantitative estimate of drug-likeness (QED) is 0.517. The van der Waals surface area contributed by atoms with Crippen LogP contribution in [0.5, 0.6) is 0 Å². The van der Waals surface area contributed by atoms with Gasteiger partial charge in [0.05, 0.1) is 22.7 Å². The van der Waals surface area contributed by atoms with Gasteiger partial charge in [0.15, 0.2) is 0 Å². The lowest BCUT2D eigenvalue weighted by Crippen LogP contribution is -2.44. The summed E-state index contributed by atoms with van der Waals surface area (Å²) >= 11 is 0. The van der Waals surface area contributed by atoms with Gasteiger partial charge in [-0.2, -0.15) is 14.7 Å². The number of anilines is 1. The van der Waals surface area contributed by atoms with E-state index in [2.05, 4.69) is 15.7 Å². The molecular weight excluding hydrogens is 468 g/mol. The monoisotopic (exact) mass is 492 g/mol. The van der Waals surface area contributed by atoms with Gasteiger partial charge < -0.3 is 10.6 Å². The van der Waals surface area contributed by atoms with Crippen molar-refractivity contribution in [2.75, 3.05) is 25.0 Å².